The van der Waals surface area contributed by atoms with Gasteiger partial charge in [-0.15, -0.1) is 0 Å². The molecule has 2 nitrogen and oxygen atoms in total. The number of hydrogen-bond donors (Lipinski definition) is 0. The van der Waals surface area contributed by atoms with E-state index in [0.717, 1.165) is 25.7 Å². The van der Waals surface area contributed by atoms with E-state index in [1.165, 1.54) is 0 Å². The van der Waals surface area contributed by atoms with Crippen LogP contribution in [0.25, 0.3) is 0 Å². The number of carbonyl (C=O) groups is 1. The number of carbonyl (C=O) groups excluding carboxylic acids is 1. The molecule has 0 spiro atoms. The summed E-state index contributed by atoms with van der Waals surface area (Å²) in [6.07, 6.45) is 3.46. The fraction of sp³-hybridized carbons (Fsp3) is 0.947. The molecule has 0 saturated carbocycles. The molecule has 126 valence electrons. The lowest BCUT2D eigenvalue weighted by Crippen LogP contribution is -2.48. The van der Waals surface area contributed by atoms with E-state index >= 15 is 0 Å². The highest BCUT2D eigenvalue weighted by atomic mass is 16.6. The molecule has 1 unspecified atom stereocenters. The first kappa shape index (κ1) is 20.5. The third kappa shape index (κ3) is 5.00. The summed E-state index contributed by atoms with van der Waals surface area (Å²) in [7, 11) is 0. The maximum Gasteiger partial charge on any atom is 0.312 e. The predicted molar refractivity (Wildman–Crippen MR) is 91.3 cm³/mol. The van der Waals surface area contributed by atoms with Crippen LogP contribution in [0.3, 0.4) is 0 Å². The number of hydrogen-bond acceptors (Lipinski definition) is 2. The molecule has 21 heavy (non-hydrogen) atoms. The smallest absolute Gasteiger partial charge is 0.312 e. The normalized spacial score (nSPS) is 16.5. The van der Waals surface area contributed by atoms with Crippen molar-refractivity contribution in [2.45, 2.75) is 101 Å². The van der Waals surface area contributed by atoms with E-state index in [9.17, 15) is 4.79 Å². The first-order valence-electron chi connectivity index (χ1n) is 8.50. The van der Waals surface area contributed by atoms with Crippen molar-refractivity contribution in [2.24, 2.45) is 16.2 Å². The molecule has 0 amide bonds. The maximum absolute atomic E-state index is 13.1. The summed E-state index contributed by atoms with van der Waals surface area (Å²) in [4.78, 5) is 13.1. The molecule has 0 fully saturated rings. The van der Waals surface area contributed by atoms with Gasteiger partial charge in [0.15, 0.2) is 0 Å². The summed E-state index contributed by atoms with van der Waals surface area (Å²) in [5.74, 6) is -0.0320. The van der Waals surface area contributed by atoms with Gasteiger partial charge in [0.05, 0.1) is 5.41 Å². The SMILES string of the molecule is CCC(CC)(CC)OC(=O)C(C)(CC(C)(C)C)C(C)(C)C. The van der Waals surface area contributed by atoms with Crippen molar-refractivity contribution in [2.75, 3.05) is 0 Å². The fourth-order valence-electron chi connectivity index (χ4n) is 2.98. The van der Waals surface area contributed by atoms with Gasteiger partial charge in [0, 0.05) is 0 Å². The molecule has 0 aromatic heterocycles. The molecule has 2 heteroatoms. The lowest BCUT2D eigenvalue weighted by atomic mass is 9.61. The second-order valence-corrected chi connectivity index (χ2v) is 8.95. The van der Waals surface area contributed by atoms with Crippen LogP contribution in [0.4, 0.5) is 0 Å². The van der Waals surface area contributed by atoms with Crippen molar-refractivity contribution in [3.05, 3.63) is 0 Å². The Labute approximate surface area is 133 Å². The van der Waals surface area contributed by atoms with Gasteiger partial charge in [0.25, 0.3) is 0 Å². The molecule has 0 aliphatic carbocycles. The highest BCUT2D eigenvalue weighted by Gasteiger charge is 2.49. The van der Waals surface area contributed by atoms with E-state index in [1.807, 2.05) is 0 Å². The minimum Gasteiger partial charge on any atom is -0.459 e. The van der Waals surface area contributed by atoms with Crippen LogP contribution in [0.15, 0.2) is 0 Å². The quantitative estimate of drug-likeness (QED) is 0.563. The maximum atomic E-state index is 13.1. The van der Waals surface area contributed by atoms with E-state index in [-0.39, 0.29) is 22.4 Å². The topological polar surface area (TPSA) is 26.3 Å². The molecule has 0 aromatic carbocycles. The first-order chi connectivity index (χ1) is 9.27. The average molecular weight is 299 g/mol. The van der Waals surface area contributed by atoms with Crippen molar-refractivity contribution >= 4 is 5.97 Å². The Kier molecular flexibility index (Phi) is 6.54. The van der Waals surface area contributed by atoms with Crippen LogP contribution in [0.1, 0.15) is 94.9 Å². The van der Waals surface area contributed by atoms with Crippen molar-refractivity contribution in [3.8, 4) is 0 Å². The minimum absolute atomic E-state index is 0.0320. The molecule has 0 N–H and O–H groups in total. The van der Waals surface area contributed by atoms with Crippen LogP contribution in [0, 0.1) is 16.2 Å². The molecular formula is C19H38O2. The lowest BCUT2D eigenvalue weighted by Gasteiger charge is -2.45. The van der Waals surface area contributed by atoms with Gasteiger partial charge < -0.3 is 4.74 Å². The van der Waals surface area contributed by atoms with Crippen molar-refractivity contribution in [1.29, 1.82) is 0 Å². The Hall–Kier alpha value is -0.530. The van der Waals surface area contributed by atoms with E-state index < -0.39 is 5.41 Å². The zero-order valence-corrected chi connectivity index (χ0v) is 16.1. The molecular weight excluding hydrogens is 260 g/mol. The average Bonchev–Trinajstić information content (AvgIpc) is 2.32. The predicted octanol–water partition coefficient (Wildman–Crippen LogP) is 5.99. The Morgan fingerprint density at radius 2 is 1.19 bits per heavy atom. The van der Waals surface area contributed by atoms with Crippen LogP contribution >= 0.6 is 0 Å². The van der Waals surface area contributed by atoms with Crippen LogP contribution in [0.2, 0.25) is 0 Å². The first-order valence-corrected chi connectivity index (χ1v) is 8.50. The molecule has 0 bridgehead atoms. The molecule has 0 heterocycles. The summed E-state index contributed by atoms with van der Waals surface area (Å²) < 4.78 is 6.08. The van der Waals surface area contributed by atoms with Gasteiger partial charge in [-0.3, -0.25) is 4.79 Å². The van der Waals surface area contributed by atoms with Gasteiger partial charge in [0.2, 0.25) is 0 Å². The number of esters is 1. The molecule has 0 rings (SSSR count). The molecule has 1 atom stereocenters. The summed E-state index contributed by atoms with van der Waals surface area (Å²) in [6, 6.07) is 0. The van der Waals surface area contributed by atoms with Gasteiger partial charge in [-0.25, -0.2) is 0 Å². The van der Waals surface area contributed by atoms with Crippen molar-refractivity contribution < 1.29 is 9.53 Å². The zero-order valence-electron chi connectivity index (χ0n) is 16.1. The Bertz CT molecular complexity index is 331. The second-order valence-electron chi connectivity index (χ2n) is 8.95. The van der Waals surface area contributed by atoms with Crippen molar-refractivity contribution in [1.82, 2.24) is 0 Å². The van der Waals surface area contributed by atoms with E-state index in [1.54, 1.807) is 0 Å². The summed E-state index contributed by atoms with van der Waals surface area (Å²) >= 11 is 0. The van der Waals surface area contributed by atoms with Crippen molar-refractivity contribution in [3.63, 3.8) is 0 Å². The van der Waals surface area contributed by atoms with Gasteiger partial charge in [-0.1, -0.05) is 62.3 Å². The Balaban J connectivity index is 5.52. The van der Waals surface area contributed by atoms with Crippen LogP contribution in [-0.2, 0) is 9.53 Å². The molecule has 0 aliphatic rings. The second kappa shape index (κ2) is 6.71. The third-order valence-corrected chi connectivity index (χ3v) is 5.23. The minimum atomic E-state index is -0.476. The molecule has 0 aromatic rings. The Morgan fingerprint density at radius 1 is 0.810 bits per heavy atom. The molecule has 0 aliphatic heterocycles. The van der Waals surface area contributed by atoms with Crippen LogP contribution in [-0.4, -0.2) is 11.6 Å². The third-order valence-electron chi connectivity index (χ3n) is 5.23. The van der Waals surface area contributed by atoms with E-state index in [2.05, 4.69) is 69.2 Å². The highest BCUT2D eigenvalue weighted by molar-refractivity contribution is 5.78. The fourth-order valence-corrected chi connectivity index (χ4v) is 2.98. The zero-order chi connectivity index (χ0) is 17.1. The molecule has 0 radical (unpaired) electrons. The number of ether oxygens (including phenoxy) is 1. The van der Waals surface area contributed by atoms with Crippen LogP contribution in [0.5, 0.6) is 0 Å². The van der Waals surface area contributed by atoms with Gasteiger partial charge >= 0.3 is 5.97 Å². The number of rotatable bonds is 6. The largest absolute Gasteiger partial charge is 0.459 e. The van der Waals surface area contributed by atoms with Gasteiger partial charge in [-0.05, 0) is 43.4 Å². The Morgan fingerprint density at radius 3 is 1.43 bits per heavy atom. The lowest BCUT2D eigenvalue weighted by molar-refractivity contribution is -0.182. The summed E-state index contributed by atoms with van der Waals surface area (Å²) in [6.45, 7) is 21.4. The summed E-state index contributed by atoms with van der Waals surface area (Å²) in [5.41, 5.74) is -0.815. The van der Waals surface area contributed by atoms with E-state index in [0.29, 0.717) is 0 Å². The highest BCUT2D eigenvalue weighted by Crippen LogP contribution is 2.48. The molecule has 0 saturated heterocycles. The van der Waals surface area contributed by atoms with Gasteiger partial charge in [-0.2, -0.15) is 0 Å². The monoisotopic (exact) mass is 298 g/mol. The van der Waals surface area contributed by atoms with E-state index in [4.69, 9.17) is 4.74 Å². The summed E-state index contributed by atoms with van der Waals surface area (Å²) in [5, 5.41) is 0. The van der Waals surface area contributed by atoms with Crippen LogP contribution < -0.4 is 0 Å². The standard InChI is InChI=1S/C19H38O2/c1-11-19(12-2,13-3)21-15(20)18(10,17(7,8)9)14-16(4,5)6/h11-14H2,1-10H3. The van der Waals surface area contributed by atoms with Gasteiger partial charge in [0.1, 0.15) is 5.60 Å².